The molecule has 5 nitrogen and oxygen atoms in total. The van der Waals surface area contributed by atoms with E-state index in [4.69, 9.17) is 14.7 Å². The topological polar surface area (TPSA) is 63.1 Å². The van der Waals surface area contributed by atoms with Crippen molar-refractivity contribution < 1.29 is 14.7 Å². The zero-order valence-electron chi connectivity index (χ0n) is 14.4. The van der Waals surface area contributed by atoms with Gasteiger partial charge in [0.25, 0.3) is 0 Å². The molecule has 2 aromatic rings. The molecule has 0 amide bonds. The lowest BCUT2D eigenvalue weighted by Crippen LogP contribution is -2.19. The first kappa shape index (κ1) is 17.5. The number of aliphatic imine (C=N–C) groups is 1. The summed E-state index contributed by atoms with van der Waals surface area (Å²) in [4.78, 5) is 9.86. The van der Waals surface area contributed by atoms with Crippen LogP contribution in [-0.4, -0.2) is 29.9 Å². The zero-order chi connectivity index (χ0) is 17.5. The molecular weight excluding hydrogens is 316 g/mol. The molecule has 0 radical (unpaired) electrons. The van der Waals surface area contributed by atoms with Gasteiger partial charge in [0.15, 0.2) is 12.1 Å². The minimum atomic E-state index is -0.232. The highest BCUT2D eigenvalue weighted by Gasteiger charge is 2.18. The van der Waals surface area contributed by atoms with Gasteiger partial charge in [-0.3, -0.25) is 0 Å². The van der Waals surface area contributed by atoms with E-state index in [-0.39, 0.29) is 18.9 Å². The minimum Gasteiger partial charge on any atom is -0.490 e. The molecule has 5 heteroatoms. The summed E-state index contributed by atoms with van der Waals surface area (Å²) in [5.74, 6) is 1.55. The summed E-state index contributed by atoms with van der Waals surface area (Å²) < 4.78 is 5.99. The first-order valence-corrected chi connectivity index (χ1v) is 8.66. The lowest BCUT2D eigenvalue weighted by atomic mass is 10.1. The van der Waals surface area contributed by atoms with E-state index in [0.717, 1.165) is 17.7 Å². The van der Waals surface area contributed by atoms with E-state index in [1.165, 1.54) is 5.56 Å². The number of hydrogen-bond donors (Lipinski definition) is 2. The Balaban J connectivity index is 1.55. The molecule has 0 saturated heterocycles. The second-order valence-corrected chi connectivity index (χ2v) is 6.16. The van der Waals surface area contributed by atoms with Crippen molar-refractivity contribution >= 4 is 5.84 Å². The number of nitrogens with one attached hydrogen (secondary N) is 1. The Morgan fingerprint density at radius 3 is 2.64 bits per heavy atom. The fourth-order valence-corrected chi connectivity index (χ4v) is 2.75. The van der Waals surface area contributed by atoms with Gasteiger partial charge in [0.05, 0.1) is 6.10 Å². The molecule has 2 N–H and O–H groups in total. The minimum absolute atomic E-state index is 0.0985. The molecule has 0 aliphatic carbocycles. The molecule has 0 spiro atoms. The maximum atomic E-state index is 8.87. The van der Waals surface area contributed by atoms with Gasteiger partial charge in [-0.2, -0.15) is 0 Å². The molecule has 0 saturated carbocycles. The number of ether oxygens (including phenoxy) is 1. The van der Waals surface area contributed by atoms with Crippen LogP contribution in [0, 0.1) is 0 Å². The molecule has 1 heterocycles. The van der Waals surface area contributed by atoms with Crippen LogP contribution in [0.15, 0.2) is 59.6 Å². The smallest absolute Gasteiger partial charge is 0.177 e. The molecule has 0 fully saturated rings. The van der Waals surface area contributed by atoms with Crippen LogP contribution in [-0.2, 0) is 11.3 Å². The quantitative estimate of drug-likeness (QED) is 0.775. The number of hydroxylamine groups is 1. The molecule has 0 bridgehead atoms. The number of nitrogens with zero attached hydrogens (tertiary/aromatic N) is 1. The molecule has 25 heavy (non-hydrogen) atoms. The third kappa shape index (κ3) is 5.05. The van der Waals surface area contributed by atoms with Crippen molar-refractivity contribution in [3.63, 3.8) is 0 Å². The predicted molar refractivity (Wildman–Crippen MR) is 97.5 cm³/mol. The van der Waals surface area contributed by atoms with Gasteiger partial charge in [0, 0.05) is 18.6 Å². The van der Waals surface area contributed by atoms with E-state index in [9.17, 15) is 0 Å². The number of aliphatic hydroxyl groups excluding tert-OH is 1. The summed E-state index contributed by atoms with van der Waals surface area (Å²) >= 11 is 0. The first-order valence-electron chi connectivity index (χ1n) is 8.66. The fourth-order valence-electron chi connectivity index (χ4n) is 2.75. The molecule has 0 aromatic heterocycles. The summed E-state index contributed by atoms with van der Waals surface area (Å²) in [6, 6.07) is 18.2. The Morgan fingerprint density at radius 1 is 1.16 bits per heavy atom. The van der Waals surface area contributed by atoms with Gasteiger partial charge in [-0.1, -0.05) is 30.3 Å². The van der Waals surface area contributed by atoms with Gasteiger partial charge >= 0.3 is 0 Å². The van der Waals surface area contributed by atoms with Gasteiger partial charge in [0.2, 0.25) is 0 Å². The van der Waals surface area contributed by atoms with Gasteiger partial charge in [0.1, 0.15) is 5.75 Å². The largest absolute Gasteiger partial charge is 0.490 e. The Hall–Kier alpha value is -2.37. The molecule has 2 atom stereocenters. The second kappa shape index (κ2) is 8.65. The molecule has 2 unspecified atom stereocenters. The predicted octanol–water partition coefficient (Wildman–Crippen LogP) is 3.08. The third-order valence-corrected chi connectivity index (χ3v) is 4.00. The van der Waals surface area contributed by atoms with Gasteiger partial charge < -0.3 is 9.84 Å². The Labute approximate surface area is 148 Å². The Morgan fingerprint density at radius 2 is 1.92 bits per heavy atom. The summed E-state index contributed by atoms with van der Waals surface area (Å²) in [7, 11) is 0. The van der Waals surface area contributed by atoms with Crippen LogP contribution in [0.2, 0.25) is 0 Å². The Kier molecular flexibility index (Phi) is 6.04. The van der Waals surface area contributed by atoms with Crippen LogP contribution in [0.1, 0.15) is 30.9 Å². The second-order valence-electron chi connectivity index (χ2n) is 6.16. The van der Waals surface area contributed by atoms with E-state index in [2.05, 4.69) is 29.5 Å². The van der Waals surface area contributed by atoms with Crippen molar-refractivity contribution in [1.82, 2.24) is 5.48 Å². The maximum absolute atomic E-state index is 8.87. The highest BCUT2D eigenvalue weighted by atomic mass is 16.7. The van der Waals surface area contributed by atoms with Crippen LogP contribution < -0.4 is 10.2 Å². The molecule has 132 valence electrons. The maximum Gasteiger partial charge on any atom is 0.177 e. The highest BCUT2D eigenvalue weighted by Crippen LogP contribution is 2.18. The highest BCUT2D eigenvalue weighted by molar-refractivity contribution is 5.98. The number of hydrogen-bond acceptors (Lipinski definition) is 5. The summed E-state index contributed by atoms with van der Waals surface area (Å²) in [5, 5.41) is 8.87. The zero-order valence-corrected chi connectivity index (χ0v) is 14.4. The summed E-state index contributed by atoms with van der Waals surface area (Å²) in [6.07, 6.45) is 2.11. The first-order chi connectivity index (χ1) is 12.2. The van der Waals surface area contributed by atoms with Crippen LogP contribution >= 0.6 is 0 Å². The standard InChI is InChI=1S/C20H24N2O3/c1-15(14-16-6-3-2-4-7-16)24-18-11-9-17(10-12-18)20-21-19(25-22-20)8-5-13-23/h2-4,6-7,9-12,15,19,23H,5,8,13-14H2,1H3,(H,21,22). The van der Waals surface area contributed by atoms with E-state index in [1.807, 2.05) is 42.5 Å². The van der Waals surface area contributed by atoms with Crippen molar-refractivity contribution in [2.24, 2.45) is 4.99 Å². The number of rotatable bonds is 8. The van der Waals surface area contributed by atoms with Crippen molar-refractivity contribution in [3.05, 3.63) is 65.7 Å². The van der Waals surface area contributed by atoms with E-state index in [1.54, 1.807) is 0 Å². The number of amidine groups is 1. The van der Waals surface area contributed by atoms with E-state index in [0.29, 0.717) is 18.7 Å². The lowest BCUT2D eigenvalue weighted by molar-refractivity contribution is 0.0295. The van der Waals surface area contributed by atoms with Gasteiger partial charge in [-0.25, -0.2) is 15.3 Å². The van der Waals surface area contributed by atoms with Crippen molar-refractivity contribution in [1.29, 1.82) is 0 Å². The Bertz CT molecular complexity index is 686. The monoisotopic (exact) mass is 340 g/mol. The molecule has 2 aromatic carbocycles. The van der Waals surface area contributed by atoms with E-state index < -0.39 is 0 Å². The van der Waals surface area contributed by atoms with Crippen LogP contribution in [0.25, 0.3) is 0 Å². The van der Waals surface area contributed by atoms with Gasteiger partial charge in [-0.15, -0.1) is 0 Å². The van der Waals surface area contributed by atoms with Crippen LogP contribution in [0.5, 0.6) is 5.75 Å². The average molecular weight is 340 g/mol. The van der Waals surface area contributed by atoms with Crippen molar-refractivity contribution in [3.8, 4) is 5.75 Å². The number of aliphatic hydroxyl groups is 1. The fraction of sp³-hybridized carbons (Fsp3) is 0.350. The molecule has 1 aliphatic rings. The SMILES string of the molecule is CC(Cc1ccccc1)Oc1ccc(C2=NC(CCCO)ON2)cc1. The van der Waals surface area contributed by atoms with Gasteiger partial charge in [-0.05, 0) is 49.6 Å². The van der Waals surface area contributed by atoms with Crippen molar-refractivity contribution in [2.75, 3.05) is 6.61 Å². The molecule has 1 aliphatic heterocycles. The van der Waals surface area contributed by atoms with Crippen LogP contribution in [0.4, 0.5) is 0 Å². The lowest BCUT2D eigenvalue weighted by Gasteiger charge is -2.15. The van der Waals surface area contributed by atoms with Crippen LogP contribution in [0.3, 0.4) is 0 Å². The average Bonchev–Trinajstić information content (AvgIpc) is 3.10. The summed E-state index contributed by atoms with van der Waals surface area (Å²) in [6.45, 7) is 2.22. The number of benzene rings is 2. The molecule has 3 rings (SSSR count). The third-order valence-electron chi connectivity index (χ3n) is 4.00. The van der Waals surface area contributed by atoms with Crippen molar-refractivity contribution in [2.45, 2.75) is 38.5 Å². The normalized spacial score (nSPS) is 17.7. The summed E-state index contributed by atoms with van der Waals surface area (Å²) in [5.41, 5.74) is 5.07. The van der Waals surface area contributed by atoms with E-state index >= 15 is 0 Å². The molecular formula is C20H24N2O3.